The van der Waals surface area contributed by atoms with Gasteiger partial charge in [-0.2, -0.15) is 5.26 Å². The molecular formula is C12H7ClN2O2. The summed E-state index contributed by atoms with van der Waals surface area (Å²) >= 11 is 5.91. The van der Waals surface area contributed by atoms with Crippen molar-refractivity contribution in [2.45, 2.75) is 5.60 Å². The molecule has 1 N–H and O–H groups in total. The second-order valence-corrected chi connectivity index (χ2v) is 3.93. The standard InChI is InChI=1S/C12H7ClN2O2/c1-2-12(7-17-12)11(16)15-10-4-3-8(6-14)5-9(10)13/h1,3-5H,7H2,(H,15,16)/t12-/m0/s1. The van der Waals surface area contributed by atoms with Crippen molar-refractivity contribution < 1.29 is 9.53 Å². The third-order valence-electron chi connectivity index (χ3n) is 2.38. The van der Waals surface area contributed by atoms with Crippen molar-refractivity contribution in [1.82, 2.24) is 0 Å². The normalized spacial score (nSPS) is 21.1. The topological polar surface area (TPSA) is 65.4 Å². The van der Waals surface area contributed by atoms with E-state index in [1.54, 1.807) is 12.1 Å². The van der Waals surface area contributed by atoms with Crippen LogP contribution in [0.2, 0.25) is 5.02 Å². The summed E-state index contributed by atoms with van der Waals surface area (Å²) in [6.45, 7) is 0.212. The van der Waals surface area contributed by atoms with E-state index >= 15 is 0 Å². The van der Waals surface area contributed by atoms with Crippen LogP contribution in [0.1, 0.15) is 5.56 Å². The molecular weight excluding hydrogens is 240 g/mol. The van der Waals surface area contributed by atoms with Gasteiger partial charge in [0.15, 0.2) is 0 Å². The van der Waals surface area contributed by atoms with Crippen LogP contribution >= 0.6 is 11.6 Å². The number of anilines is 1. The number of carbonyl (C=O) groups is 1. The lowest BCUT2D eigenvalue weighted by Gasteiger charge is -2.08. The van der Waals surface area contributed by atoms with Gasteiger partial charge in [-0.15, -0.1) is 6.42 Å². The SMILES string of the molecule is C#C[C@@]1(C(=O)Nc2ccc(C#N)cc2Cl)CO1. The molecule has 4 nitrogen and oxygen atoms in total. The van der Waals surface area contributed by atoms with Gasteiger partial charge in [0.25, 0.3) is 5.91 Å². The first kappa shape index (κ1) is 11.5. The molecule has 0 bridgehead atoms. The largest absolute Gasteiger partial charge is 0.347 e. The Morgan fingerprint density at radius 3 is 2.82 bits per heavy atom. The summed E-state index contributed by atoms with van der Waals surface area (Å²) in [5.41, 5.74) is -0.333. The zero-order valence-corrected chi connectivity index (χ0v) is 9.41. The number of rotatable bonds is 2. The maximum atomic E-state index is 11.7. The lowest BCUT2D eigenvalue weighted by Crippen LogP contribution is -2.29. The molecule has 1 atom stereocenters. The predicted molar refractivity (Wildman–Crippen MR) is 62.3 cm³/mol. The second kappa shape index (κ2) is 4.10. The van der Waals surface area contributed by atoms with E-state index in [0.717, 1.165) is 0 Å². The molecule has 1 aromatic rings. The highest BCUT2D eigenvalue weighted by molar-refractivity contribution is 6.34. The van der Waals surface area contributed by atoms with Gasteiger partial charge < -0.3 is 10.1 Å². The smallest absolute Gasteiger partial charge is 0.271 e. The first-order valence-corrected chi connectivity index (χ1v) is 5.12. The number of nitrogens with zero attached hydrogens (tertiary/aromatic N) is 1. The van der Waals surface area contributed by atoms with Crippen LogP contribution < -0.4 is 5.32 Å². The van der Waals surface area contributed by atoms with Crippen LogP contribution in [0.3, 0.4) is 0 Å². The molecule has 1 heterocycles. The number of carbonyl (C=O) groups excluding carboxylic acids is 1. The highest BCUT2D eigenvalue weighted by Gasteiger charge is 2.51. The zero-order chi connectivity index (χ0) is 12.5. The summed E-state index contributed by atoms with van der Waals surface area (Å²) in [4.78, 5) is 11.7. The summed E-state index contributed by atoms with van der Waals surface area (Å²) in [5, 5.41) is 11.5. The Morgan fingerprint density at radius 1 is 1.65 bits per heavy atom. The van der Waals surface area contributed by atoms with Gasteiger partial charge in [0.1, 0.15) is 0 Å². The molecule has 2 rings (SSSR count). The molecule has 1 aliphatic heterocycles. The van der Waals surface area contributed by atoms with E-state index in [-0.39, 0.29) is 11.6 Å². The molecule has 0 radical (unpaired) electrons. The Morgan fingerprint density at radius 2 is 2.35 bits per heavy atom. The molecule has 17 heavy (non-hydrogen) atoms. The lowest BCUT2D eigenvalue weighted by atomic mass is 10.1. The molecule has 0 aromatic heterocycles. The van der Waals surface area contributed by atoms with E-state index in [9.17, 15) is 4.79 Å². The van der Waals surface area contributed by atoms with Gasteiger partial charge in [0.05, 0.1) is 28.9 Å². The monoisotopic (exact) mass is 246 g/mol. The first-order valence-electron chi connectivity index (χ1n) is 4.74. The molecule has 1 saturated heterocycles. The van der Waals surface area contributed by atoms with Crippen molar-refractivity contribution in [1.29, 1.82) is 5.26 Å². The van der Waals surface area contributed by atoms with Crippen molar-refractivity contribution in [3.05, 3.63) is 28.8 Å². The summed E-state index contributed by atoms with van der Waals surface area (Å²) < 4.78 is 4.92. The summed E-state index contributed by atoms with van der Waals surface area (Å²) in [7, 11) is 0. The second-order valence-electron chi connectivity index (χ2n) is 3.52. The fourth-order valence-corrected chi connectivity index (χ4v) is 1.49. The number of hydrogen-bond donors (Lipinski definition) is 1. The van der Waals surface area contributed by atoms with Crippen LogP contribution in [-0.4, -0.2) is 18.1 Å². The zero-order valence-electron chi connectivity index (χ0n) is 8.66. The van der Waals surface area contributed by atoms with Crippen molar-refractivity contribution in [3.63, 3.8) is 0 Å². The molecule has 1 aliphatic rings. The predicted octanol–water partition coefficient (Wildman–Crippen LogP) is 1.55. The number of benzene rings is 1. The number of hydrogen-bond acceptors (Lipinski definition) is 3. The molecule has 0 saturated carbocycles. The number of nitrogens with one attached hydrogen (secondary N) is 1. The van der Waals surface area contributed by atoms with Crippen molar-refractivity contribution in [3.8, 4) is 18.4 Å². The third-order valence-corrected chi connectivity index (χ3v) is 2.69. The van der Waals surface area contributed by atoms with Crippen molar-refractivity contribution >= 4 is 23.2 Å². The number of ether oxygens (including phenoxy) is 1. The number of amides is 1. The molecule has 1 amide bonds. The van der Waals surface area contributed by atoms with E-state index < -0.39 is 11.5 Å². The average molecular weight is 247 g/mol. The minimum Gasteiger partial charge on any atom is -0.347 e. The molecule has 1 aromatic carbocycles. The van der Waals surface area contributed by atoms with Crippen LogP contribution in [0.15, 0.2) is 18.2 Å². The van der Waals surface area contributed by atoms with Gasteiger partial charge in [-0.1, -0.05) is 17.5 Å². The maximum absolute atomic E-state index is 11.7. The van der Waals surface area contributed by atoms with Gasteiger partial charge in [0, 0.05) is 0 Å². The van der Waals surface area contributed by atoms with Gasteiger partial charge in [-0.05, 0) is 18.2 Å². The minimum atomic E-state index is -1.16. The highest BCUT2D eigenvalue weighted by Crippen LogP contribution is 2.29. The third kappa shape index (κ3) is 2.09. The highest BCUT2D eigenvalue weighted by atomic mass is 35.5. The maximum Gasteiger partial charge on any atom is 0.271 e. The fourth-order valence-electron chi connectivity index (χ4n) is 1.26. The Hall–Kier alpha value is -2.01. The van der Waals surface area contributed by atoms with E-state index in [0.29, 0.717) is 11.3 Å². The van der Waals surface area contributed by atoms with Gasteiger partial charge >= 0.3 is 0 Å². The summed E-state index contributed by atoms with van der Waals surface area (Å²) in [6, 6.07) is 6.51. The first-order chi connectivity index (χ1) is 8.11. The average Bonchev–Trinajstić information content (AvgIpc) is 3.12. The van der Waals surface area contributed by atoms with Crippen LogP contribution in [0.4, 0.5) is 5.69 Å². The number of terminal acetylenes is 1. The molecule has 0 aliphatic carbocycles. The van der Waals surface area contributed by atoms with E-state index in [2.05, 4.69) is 11.2 Å². The molecule has 5 heteroatoms. The Labute approximate surface area is 103 Å². The quantitative estimate of drug-likeness (QED) is 0.636. The van der Waals surface area contributed by atoms with Crippen LogP contribution in [0, 0.1) is 23.7 Å². The summed E-state index contributed by atoms with van der Waals surface area (Å²) in [5.74, 6) is 1.86. The van der Waals surface area contributed by atoms with E-state index in [1.165, 1.54) is 6.07 Å². The number of nitriles is 1. The number of halogens is 1. The van der Waals surface area contributed by atoms with Gasteiger partial charge in [-0.3, -0.25) is 4.79 Å². The molecule has 0 spiro atoms. The van der Waals surface area contributed by atoms with E-state index in [1.807, 2.05) is 6.07 Å². The van der Waals surface area contributed by atoms with Crippen LogP contribution in [0.25, 0.3) is 0 Å². The van der Waals surface area contributed by atoms with Crippen LogP contribution in [0.5, 0.6) is 0 Å². The minimum absolute atomic E-state index is 0.212. The van der Waals surface area contributed by atoms with Crippen LogP contribution in [-0.2, 0) is 9.53 Å². The van der Waals surface area contributed by atoms with Crippen molar-refractivity contribution in [2.24, 2.45) is 0 Å². The lowest BCUT2D eigenvalue weighted by molar-refractivity contribution is -0.119. The molecule has 1 fully saturated rings. The Kier molecular flexibility index (Phi) is 2.77. The molecule has 0 unspecified atom stereocenters. The molecule has 84 valence electrons. The number of epoxide rings is 1. The Bertz CT molecular complexity index is 565. The van der Waals surface area contributed by atoms with Gasteiger partial charge in [-0.25, -0.2) is 0 Å². The van der Waals surface area contributed by atoms with Crippen molar-refractivity contribution in [2.75, 3.05) is 11.9 Å². The Balaban J connectivity index is 2.18. The van der Waals surface area contributed by atoms with E-state index in [4.69, 9.17) is 28.0 Å². The fraction of sp³-hybridized carbons (Fsp3) is 0.167. The van der Waals surface area contributed by atoms with Gasteiger partial charge in [0.2, 0.25) is 5.60 Å². The summed E-state index contributed by atoms with van der Waals surface area (Å²) in [6.07, 6.45) is 5.20.